The van der Waals surface area contributed by atoms with Gasteiger partial charge in [-0.25, -0.2) is 0 Å². The van der Waals surface area contributed by atoms with Crippen LogP contribution in [0.15, 0.2) is 11.4 Å². The van der Waals surface area contributed by atoms with Gasteiger partial charge in [-0.1, -0.05) is 11.8 Å². The second-order valence-electron chi connectivity index (χ2n) is 4.24. The zero-order valence-corrected chi connectivity index (χ0v) is 12.2. The third-order valence-corrected chi connectivity index (χ3v) is 5.31. The summed E-state index contributed by atoms with van der Waals surface area (Å²) in [4.78, 5) is 0.948. The van der Waals surface area contributed by atoms with Gasteiger partial charge in [-0.2, -0.15) is 17.4 Å². The summed E-state index contributed by atoms with van der Waals surface area (Å²) >= 11 is 1.49. The van der Waals surface area contributed by atoms with Crippen molar-refractivity contribution in [3.63, 3.8) is 0 Å². The molecule has 5 nitrogen and oxygen atoms in total. The number of nitrogens with one attached hydrogen (secondary N) is 1. The Balaban J connectivity index is 1.93. The molecule has 1 aromatic heterocycles. The van der Waals surface area contributed by atoms with E-state index in [9.17, 15) is 8.42 Å². The van der Waals surface area contributed by atoms with Gasteiger partial charge in [0, 0.05) is 35.5 Å². The first-order chi connectivity index (χ1) is 9.12. The summed E-state index contributed by atoms with van der Waals surface area (Å²) in [5, 5.41) is 1.90. The van der Waals surface area contributed by atoms with Crippen molar-refractivity contribution in [2.75, 3.05) is 19.6 Å². The lowest BCUT2D eigenvalue weighted by Gasteiger charge is -2.15. The lowest BCUT2D eigenvalue weighted by atomic mass is 10.3. The second kappa shape index (κ2) is 6.50. The molecular formula is C12H17N3O2S2. The highest BCUT2D eigenvalue weighted by Crippen LogP contribution is 2.15. The Labute approximate surface area is 118 Å². The quantitative estimate of drug-likeness (QED) is 0.795. The number of thiophene rings is 1. The van der Waals surface area contributed by atoms with E-state index in [1.165, 1.54) is 15.6 Å². The van der Waals surface area contributed by atoms with Crippen molar-refractivity contribution in [2.45, 2.75) is 19.4 Å². The minimum absolute atomic E-state index is 0.313. The molecule has 2 heterocycles. The van der Waals surface area contributed by atoms with Crippen molar-refractivity contribution in [3.8, 4) is 11.8 Å². The van der Waals surface area contributed by atoms with Crippen LogP contribution in [0, 0.1) is 11.8 Å². The standard InChI is InChI=1S/C12H17N3O2S2/c13-5-3-4-11-8-12(18-10-11)9-14-19(16,17)15-6-1-2-7-15/h8,10,14H,1-2,5-7,9,13H2. The molecule has 1 aliphatic heterocycles. The fraction of sp³-hybridized carbons (Fsp3) is 0.500. The molecule has 3 N–H and O–H groups in total. The van der Waals surface area contributed by atoms with Crippen molar-refractivity contribution in [3.05, 3.63) is 21.9 Å². The van der Waals surface area contributed by atoms with Crippen LogP contribution >= 0.6 is 11.3 Å². The molecule has 19 heavy (non-hydrogen) atoms. The van der Waals surface area contributed by atoms with Gasteiger partial charge in [0.05, 0.1) is 6.54 Å². The minimum atomic E-state index is -3.33. The molecule has 0 spiro atoms. The summed E-state index contributed by atoms with van der Waals surface area (Å²) in [5.41, 5.74) is 6.18. The first kappa shape index (κ1) is 14.5. The predicted octanol–water partition coefficient (Wildman–Crippen LogP) is 0.488. The van der Waals surface area contributed by atoms with E-state index >= 15 is 0 Å². The second-order valence-corrected chi connectivity index (χ2v) is 6.99. The zero-order valence-electron chi connectivity index (χ0n) is 10.6. The van der Waals surface area contributed by atoms with Crippen molar-refractivity contribution in [1.82, 2.24) is 9.03 Å². The molecule has 0 atom stereocenters. The maximum atomic E-state index is 12.0. The van der Waals surface area contributed by atoms with Gasteiger partial charge in [0.1, 0.15) is 0 Å². The Bertz CT molecular complexity index is 578. The molecule has 0 unspecified atom stereocenters. The summed E-state index contributed by atoms with van der Waals surface area (Å²) in [7, 11) is -3.33. The third kappa shape index (κ3) is 4.03. The van der Waals surface area contributed by atoms with E-state index in [2.05, 4.69) is 16.6 Å². The van der Waals surface area contributed by atoms with Crippen LogP contribution in [0.25, 0.3) is 0 Å². The number of nitrogens with zero attached hydrogens (tertiary/aromatic N) is 1. The van der Waals surface area contributed by atoms with Crippen LogP contribution in [0.1, 0.15) is 23.3 Å². The summed E-state index contributed by atoms with van der Waals surface area (Å²) in [6, 6.07) is 1.89. The minimum Gasteiger partial charge on any atom is -0.320 e. The maximum absolute atomic E-state index is 12.0. The number of nitrogens with two attached hydrogens (primary N) is 1. The molecule has 0 aliphatic carbocycles. The van der Waals surface area contributed by atoms with Crippen molar-refractivity contribution < 1.29 is 8.42 Å². The van der Waals surface area contributed by atoms with Gasteiger partial charge in [-0.15, -0.1) is 11.3 Å². The topological polar surface area (TPSA) is 75.4 Å². The number of hydrogen-bond acceptors (Lipinski definition) is 4. The molecule has 0 bridgehead atoms. The van der Waals surface area contributed by atoms with Crippen LogP contribution in [0.2, 0.25) is 0 Å². The van der Waals surface area contributed by atoms with E-state index in [1.807, 2.05) is 11.4 Å². The molecule has 7 heteroatoms. The van der Waals surface area contributed by atoms with Crippen LogP contribution in [0.4, 0.5) is 0 Å². The van der Waals surface area contributed by atoms with Crippen molar-refractivity contribution >= 4 is 21.5 Å². The summed E-state index contributed by atoms with van der Waals surface area (Å²) in [5.74, 6) is 5.70. The molecule has 0 radical (unpaired) electrons. The zero-order chi connectivity index (χ0) is 13.7. The monoisotopic (exact) mass is 299 g/mol. The van der Waals surface area contributed by atoms with Crippen LogP contribution in [-0.2, 0) is 16.8 Å². The summed E-state index contributed by atoms with van der Waals surface area (Å²) in [6.07, 6.45) is 1.89. The lowest BCUT2D eigenvalue weighted by Crippen LogP contribution is -2.38. The molecule has 0 saturated carbocycles. The predicted molar refractivity (Wildman–Crippen MR) is 76.8 cm³/mol. The van der Waals surface area contributed by atoms with Gasteiger partial charge in [-0.3, -0.25) is 0 Å². The molecule has 0 aromatic carbocycles. The van der Waals surface area contributed by atoms with Crippen LogP contribution in [0.5, 0.6) is 0 Å². The molecule has 104 valence electrons. The summed E-state index contributed by atoms with van der Waals surface area (Å²) < 4.78 is 28.0. The average molecular weight is 299 g/mol. The fourth-order valence-corrected chi connectivity index (χ4v) is 3.98. The Morgan fingerprint density at radius 1 is 1.42 bits per heavy atom. The maximum Gasteiger partial charge on any atom is 0.279 e. The van der Waals surface area contributed by atoms with Gasteiger partial charge in [0.25, 0.3) is 10.2 Å². The van der Waals surface area contributed by atoms with Crippen LogP contribution in [-0.4, -0.2) is 32.4 Å². The first-order valence-corrected chi connectivity index (χ1v) is 8.45. The average Bonchev–Trinajstić information content (AvgIpc) is 3.05. The normalized spacial score (nSPS) is 16.3. The number of hydrogen-bond donors (Lipinski definition) is 2. The largest absolute Gasteiger partial charge is 0.320 e. The highest BCUT2D eigenvalue weighted by molar-refractivity contribution is 7.87. The lowest BCUT2D eigenvalue weighted by molar-refractivity contribution is 0.465. The van der Waals surface area contributed by atoms with Gasteiger partial charge >= 0.3 is 0 Å². The molecule has 1 aliphatic rings. The number of rotatable bonds is 4. The highest BCUT2D eigenvalue weighted by Gasteiger charge is 2.24. The SMILES string of the molecule is NCC#Cc1csc(CNS(=O)(=O)N2CCCC2)c1. The van der Waals surface area contributed by atoms with Crippen LogP contribution < -0.4 is 10.5 Å². The van der Waals surface area contributed by atoms with E-state index < -0.39 is 10.2 Å². The van der Waals surface area contributed by atoms with E-state index in [0.717, 1.165) is 23.3 Å². The molecule has 0 amide bonds. The van der Waals surface area contributed by atoms with Crippen LogP contribution in [0.3, 0.4) is 0 Å². The Morgan fingerprint density at radius 2 is 2.16 bits per heavy atom. The Kier molecular flexibility index (Phi) is 4.96. The Hall–Kier alpha value is -0.910. The highest BCUT2D eigenvalue weighted by atomic mass is 32.2. The van der Waals surface area contributed by atoms with E-state index in [0.29, 0.717) is 26.2 Å². The first-order valence-electron chi connectivity index (χ1n) is 6.13. The third-order valence-electron chi connectivity index (χ3n) is 2.82. The molecule has 2 rings (SSSR count). The Morgan fingerprint density at radius 3 is 2.84 bits per heavy atom. The summed E-state index contributed by atoms with van der Waals surface area (Å²) in [6.45, 7) is 1.88. The molecule has 1 fully saturated rings. The van der Waals surface area contributed by atoms with Gasteiger partial charge in [0.2, 0.25) is 0 Å². The van der Waals surface area contributed by atoms with E-state index in [-0.39, 0.29) is 0 Å². The van der Waals surface area contributed by atoms with E-state index in [1.54, 1.807) is 0 Å². The molecule has 1 saturated heterocycles. The van der Waals surface area contributed by atoms with Gasteiger partial charge in [-0.05, 0) is 18.9 Å². The smallest absolute Gasteiger partial charge is 0.279 e. The van der Waals surface area contributed by atoms with Gasteiger partial charge < -0.3 is 5.73 Å². The molecular weight excluding hydrogens is 282 g/mol. The van der Waals surface area contributed by atoms with Crippen molar-refractivity contribution in [2.24, 2.45) is 5.73 Å². The van der Waals surface area contributed by atoms with Gasteiger partial charge in [0.15, 0.2) is 0 Å². The van der Waals surface area contributed by atoms with E-state index in [4.69, 9.17) is 5.73 Å². The fourth-order valence-electron chi connectivity index (χ4n) is 1.87. The molecule has 1 aromatic rings. The van der Waals surface area contributed by atoms with Crippen molar-refractivity contribution in [1.29, 1.82) is 0 Å².